The zero-order chi connectivity index (χ0) is 17.6. The molecule has 5 heteroatoms. The van der Waals surface area contributed by atoms with Crippen molar-refractivity contribution in [1.29, 1.82) is 0 Å². The first-order chi connectivity index (χ1) is 12.0. The molecule has 4 rings (SSSR count). The van der Waals surface area contributed by atoms with Crippen LogP contribution in [0.4, 0.5) is 18.9 Å². The third-order valence-electron chi connectivity index (χ3n) is 4.49. The molecule has 1 atom stereocenters. The van der Waals surface area contributed by atoms with Gasteiger partial charge in [0.2, 0.25) is 0 Å². The van der Waals surface area contributed by atoms with Gasteiger partial charge >= 0.3 is 6.18 Å². The van der Waals surface area contributed by atoms with Crippen LogP contribution in [0.2, 0.25) is 0 Å². The van der Waals surface area contributed by atoms with E-state index in [0.29, 0.717) is 5.69 Å². The zero-order valence-electron chi connectivity index (χ0n) is 13.5. The number of hydrogen-bond acceptors (Lipinski definition) is 2. The minimum atomic E-state index is -4.51. The van der Waals surface area contributed by atoms with Gasteiger partial charge in [-0.1, -0.05) is 66.7 Å². The number of anilines is 1. The molecule has 0 saturated carbocycles. The Labute approximate surface area is 143 Å². The molecule has 0 spiro atoms. The molecule has 0 bridgehead atoms. The molecule has 0 amide bonds. The van der Waals surface area contributed by atoms with Gasteiger partial charge in [0.15, 0.2) is 5.71 Å². The van der Waals surface area contributed by atoms with Crippen molar-refractivity contribution in [3.05, 3.63) is 77.9 Å². The third-order valence-corrected chi connectivity index (χ3v) is 4.49. The predicted molar refractivity (Wildman–Crippen MR) is 94.1 cm³/mol. The summed E-state index contributed by atoms with van der Waals surface area (Å²) in [5, 5.41) is 1.70. The Bertz CT molecular complexity index is 962. The number of aliphatic imine (C=N–C) groups is 1. The predicted octanol–water partition coefficient (Wildman–Crippen LogP) is 5.34. The standard InChI is InChI=1S/C20H15F3N2/c1-25-17-15-10-6-5-7-13(15)11-12-16(17)18(20(21,22)23)24-19(25)14-8-3-2-4-9-14/h2-12,19H,1H3. The number of fused-ring (bicyclic) bond motifs is 3. The van der Waals surface area contributed by atoms with Gasteiger partial charge in [-0.05, 0) is 10.9 Å². The van der Waals surface area contributed by atoms with Gasteiger partial charge in [-0.15, -0.1) is 0 Å². The summed E-state index contributed by atoms with van der Waals surface area (Å²) in [6.07, 6.45) is -5.22. The molecule has 0 aromatic heterocycles. The molecule has 3 aromatic rings. The van der Waals surface area contributed by atoms with E-state index in [4.69, 9.17) is 0 Å². The number of hydrogen-bond donors (Lipinski definition) is 0. The first-order valence-corrected chi connectivity index (χ1v) is 7.92. The average Bonchev–Trinajstić information content (AvgIpc) is 2.61. The molecule has 0 aliphatic carbocycles. The highest BCUT2D eigenvalue weighted by Crippen LogP contribution is 2.42. The van der Waals surface area contributed by atoms with Gasteiger partial charge in [-0.2, -0.15) is 13.2 Å². The maximum atomic E-state index is 13.7. The monoisotopic (exact) mass is 340 g/mol. The summed E-state index contributed by atoms with van der Waals surface area (Å²) in [5.41, 5.74) is 0.598. The normalized spacial score (nSPS) is 17.4. The summed E-state index contributed by atoms with van der Waals surface area (Å²) in [4.78, 5) is 5.89. The molecule has 1 aliphatic rings. The van der Waals surface area contributed by atoms with Crippen molar-refractivity contribution in [3.63, 3.8) is 0 Å². The largest absolute Gasteiger partial charge is 0.433 e. The van der Waals surface area contributed by atoms with Gasteiger partial charge in [-0.25, -0.2) is 0 Å². The summed E-state index contributed by atoms with van der Waals surface area (Å²) >= 11 is 0. The van der Waals surface area contributed by atoms with E-state index in [-0.39, 0.29) is 5.56 Å². The van der Waals surface area contributed by atoms with Crippen molar-refractivity contribution in [1.82, 2.24) is 0 Å². The molecule has 126 valence electrons. The Morgan fingerprint density at radius 3 is 2.28 bits per heavy atom. The Hall–Kier alpha value is -2.82. The molecule has 1 aliphatic heterocycles. The molecule has 1 unspecified atom stereocenters. The molecule has 0 N–H and O–H groups in total. The smallest absolute Gasteiger partial charge is 0.348 e. The quantitative estimate of drug-likeness (QED) is 0.584. The highest BCUT2D eigenvalue weighted by Gasteiger charge is 2.42. The summed E-state index contributed by atoms with van der Waals surface area (Å²) in [6, 6.07) is 19.8. The fraction of sp³-hybridized carbons (Fsp3) is 0.150. The van der Waals surface area contributed by atoms with E-state index in [1.54, 1.807) is 25.2 Å². The minimum Gasteiger partial charge on any atom is -0.348 e. The molecular weight excluding hydrogens is 325 g/mol. The lowest BCUT2D eigenvalue weighted by atomic mass is 9.96. The molecule has 2 nitrogen and oxygen atoms in total. The van der Waals surface area contributed by atoms with Crippen LogP contribution >= 0.6 is 0 Å². The number of halogens is 3. The Morgan fingerprint density at radius 2 is 1.56 bits per heavy atom. The third kappa shape index (κ3) is 2.56. The van der Waals surface area contributed by atoms with Crippen molar-refractivity contribution in [2.45, 2.75) is 12.3 Å². The van der Waals surface area contributed by atoms with Crippen molar-refractivity contribution < 1.29 is 13.2 Å². The van der Waals surface area contributed by atoms with Crippen LogP contribution in [0.15, 0.2) is 71.7 Å². The second-order valence-electron chi connectivity index (χ2n) is 6.05. The highest BCUT2D eigenvalue weighted by molar-refractivity contribution is 6.15. The number of benzene rings is 3. The average molecular weight is 340 g/mol. The lowest BCUT2D eigenvalue weighted by Crippen LogP contribution is -2.35. The van der Waals surface area contributed by atoms with E-state index in [2.05, 4.69) is 4.99 Å². The highest BCUT2D eigenvalue weighted by atomic mass is 19.4. The number of nitrogens with zero attached hydrogens (tertiary/aromatic N) is 2. The fourth-order valence-corrected chi connectivity index (χ4v) is 3.38. The van der Waals surface area contributed by atoms with Crippen molar-refractivity contribution >= 4 is 22.2 Å². The summed E-state index contributed by atoms with van der Waals surface area (Å²) in [5.74, 6) is 0. The fourth-order valence-electron chi connectivity index (χ4n) is 3.38. The van der Waals surface area contributed by atoms with Crippen LogP contribution in [0.1, 0.15) is 17.3 Å². The molecule has 25 heavy (non-hydrogen) atoms. The van der Waals surface area contributed by atoms with Gasteiger partial charge in [0.25, 0.3) is 0 Å². The van der Waals surface area contributed by atoms with E-state index < -0.39 is 18.1 Å². The van der Waals surface area contributed by atoms with E-state index in [0.717, 1.165) is 16.3 Å². The van der Waals surface area contributed by atoms with Gasteiger partial charge in [0, 0.05) is 18.0 Å². The summed E-state index contributed by atoms with van der Waals surface area (Å²) < 4.78 is 41.1. The van der Waals surface area contributed by atoms with Crippen LogP contribution in [0.3, 0.4) is 0 Å². The zero-order valence-corrected chi connectivity index (χ0v) is 13.5. The van der Waals surface area contributed by atoms with Crippen molar-refractivity contribution in [2.24, 2.45) is 4.99 Å². The van der Waals surface area contributed by atoms with E-state index in [1.807, 2.05) is 47.4 Å². The van der Waals surface area contributed by atoms with Crippen LogP contribution in [-0.2, 0) is 0 Å². The second-order valence-corrected chi connectivity index (χ2v) is 6.05. The summed E-state index contributed by atoms with van der Waals surface area (Å²) in [6.45, 7) is 0. The van der Waals surface area contributed by atoms with Crippen molar-refractivity contribution in [3.8, 4) is 0 Å². The van der Waals surface area contributed by atoms with Crippen LogP contribution in [0.25, 0.3) is 10.8 Å². The first kappa shape index (κ1) is 15.7. The molecule has 0 fully saturated rings. The number of rotatable bonds is 1. The first-order valence-electron chi connectivity index (χ1n) is 7.92. The Morgan fingerprint density at radius 1 is 0.880 bits per heavy atom. The second kappa shape index (κ2) is 5.62. The lowest BCUT2D eigenvalue weighted by molar-refractivity contribution is -0.0585. The summed E-state index contributed by atoms with van der Waals surface area (Å²) in [7, 11) is 1.79. The van der Waals surface area contributed by atoms with Gasteiger partial charge in [-0.3, -0.25) is 4.99 Å². The molecule has 1 heterocycles. The van der Waals surface area contributed by atoms with Crippen LogP contribution in [-0.4, -0.2) is 18.9 Å². The van der Waals surface area contributed by atoms with E-state index >= 15 is 0 Å². The lowest BCUT2D eigenvalue weighted by Gasteiger charge is -2.35. The maximum Gasteiger partial charge on any atom is 0.433 e. The van der Waals surface area contributed by atoms with Gasteiger partial charge < -0.3 is 4.90 Å². The van der Waals surface area contributed by atoms with E-state index in [9.17, 15) is 13.2 Å². The van der Waals surface area contributed by atoms with Crippen molar-refractivity contribution in [2.75, 3.05) is 11.9 Å². The van der Waals surface area contributed by atoms with Gasteiger partial charge in [0.1, 0.15) is 6.17 Å². The molecular formula is C20H15F3N2. The number of alkyl halides is 3. The molecule has 0 radical (unpaired) electrons. The minimum absolute atomic E-state index is 0.126. The van der Waals surface area contributed by atoms with E-state index in [1.165, 1.54) is 6.07 Å². The molecule has 0 saturated heterocycles. The van der Waals surface area contributed by atoms with Crippen LogP contribution in [0, 0.1) is 0 Å². The van der Waals surface area contributed by atoms with Crippen LogP contribution in [0.5, 0.6) is 0 Å². The Kier molecular flexibility index (Phi) is 3.53. The Balaban J connectivity index is 2.01. The van der Waals surface area contributed by atoms with Crippen LogP contribution < -0.4 is 4.90 Å². The maximum absolute atomic E-state index is 13.7. The molecule has 3 aromatic carbocycles. The van der Waals surface area contributed by atoms with Gasteiger partial charge in [0.05, 0.1) is 5.69 Å². The SMILES string of the molecule is CN1c2c(ccc3ccccc23)C(C(F)(F)F)=NC1c1ccccc1. The topological polar surface area (TPSA) is 15.6 Å².